The van der Waals surface area contributed by atoms with Gasteiger partial charge >= 0.3 is 0 Å². The first kappa shape index (κ1) is 13.5. The van der Waals surface area contributed by atoms with Crippen molar-refractivity contribution in [1.29, 1.82) is 0 Å². The molecule has 18 heavy (non-hydrogen) atoms. The van der Waals surface area contributed by atoms with Gasteiger partial charge in [0.2, 0.25) is 0 Å². The van der Waals surface area contributed by atoms with Crippen LogP contribution in [0.1, 0.15) is 44.1 Å². The van der Waals surface area contributed by atoms with Gasteiger partial charge < -0.3 is 5.32 Å². The zero-order valence-corrected chi connectivity index (χ0v) is 11.6. The van der Waals surface area contributed by atoms with Crippen LogP contribution in [-0.2, 0) is 0 Å². The lowest BCUT2D eigenvalue weighted by molar-refractivity contribution is 0.276. The van der Waals surface area contributed by atoms with E-state index in [0.717, 1.165) is 17.9 Å². The third-order valence-electron chi connectivity index (χ3n) is 3.69. The first-order chi connectivity index (χ1) is 8.72. The van der Waals surface area contributed by atoms with E-state index in [0.29, 0.717) is 12.0 Å². The lowest BCUT2D eigenvalue weighted by Gasteiger charge is -2.38. The minimum atomic E-state index is 0.242. The van der Waals surface area contributed by atoms with Gasteiger partial charge in [-0.1, -0.05) is 43.0 Å². The molecule has 1 atom stereocenters. The number of hydrogen-bond acceptors (Lipinski definition) is 1. The minimum Gasteiger partial charge on any atom is -0.301 e. The molecule has 1 unspecified atom stereocenters. The van der Waals surface area contributed by atoms with Crippen LogP contribution in [0.25, 0.3) is 0 Å². The average molecular weight is 262 g/mol. The van der Waals surface area contributed by atoms with Gasteiger partial charge in [-0.15, -0.1) is 6.42 Å². The maximum absolute atomic E-state index is 5.89. The van der Waals surface area contributed by atoms with E-state index < -0.39 is 0 Å². The van der Waals surface area contributed by atoms with E-state index in [1.54, 1.807) is 0 Å². The Labute approximate surface area is 115 Å². The van der Waals surface area contributed by atoms with E-state index in [4.69, 9.17) is 18.0 Å². The summed E-state index contributed by atoms with van der Waals surface area (Å²) in [6, 6.07) is 9.03. The highest BCUT2D eigenvalue weighted by Gasteiger charge is 2.30. The molecule has 1 nitrogen and oxygen atoms in total. The SMILES string of the molecule is C#CC(CCC)NC1CC(c2ccc(Cl)cc2)C1. The van der Waals surface area contributed by atoms with Crippen LogP contribution in [0.4, 0.5) is 0 Å². The van der Waals surface area contributed by atoms with E-state index in [2.05, 4.69) is 30.3 Å². The Morgan fingerprint density at radius 2 is 2.06 bits per heavy atom. The van der Waals surface area contributed by atoms with Crippen molar-refractivity contribution in [2.24, 2.45) is 0 Å². The molecule has 1 N–H and O–H groups in total. The summed E-state index contributed by atoms with van der Waals surface area (Å²) in [4.78, 5) is 0. The van der Waals surface area contributed by atoms with Gasteiger partial charge in [0, 0.05) is 11.1 Å². The molecule has 0 radical (unpaired) electrons. The number of terminal acetylenes is 1. The zero-order chi connectivity index (χ0) is 13.0. The van der Waals surface area contributed by atoms with Crippen molar-refractivity contribution >= 4 is 11.6 Å². The van der Waals surface area contributed by atoms with Gasteiger partial charge in [-0.2, -0.15) is 0 Å². The van der Waals surface area contributed by atoms with Gasteiger partial charge in [-0.25, -0.2) is 0 Å². The van der Waals surface area contributed by atoms with E-state index in [1.165, 1.54) is 18.4 Å². The molecular formula is C16H20ClN. The normalized spacial score (nSPS) is 24.1. The number of nitrogens with one attached hydrogen (secondary N) is 1. The fraction of sp³-hybridized carbons (Fsp3) is 0.500. The van der Waals surface area contributed by atoms with Crippen molar-refractivity contribution in [2.75, 3.05) is 0 Å². The van der Waals surface area contributed by atoms with Crippen LogP contribution in [0.15, 0.2) is 24.3 Å². The fourth-order valence-corrected chi connectivity index (χ4v) is 2.68. The van der Waals surface area contributed by atoms with Crippen molar-refractivity contribution < 1.29 is 0 Å². The highest BCUT2D eigenvalue weighted by atomic mass is 35.5. The number of benzene rings is 1. The molecule has 1 aromatic carbocycles. The van der Waals surface area contributed by atoms with E-state index >= 15 is 0 Å². The average Bonchev–Trinajstić information content (AvgIpc) is 2.33. The highest BCUT2D eigenvalue weighted by molar-refractivity contribution is 6.30. The lowest BCUT2D eigenvalue weighted by Crippen LogP contribution is -2.45. The number of halogens is 1. The Hall–Kier alpha value is -0.970. The maximum atomic E-state index is 5.89. The highest BCUT2D eigenvalue weighted by Crippen LogP contribution is 2.37. The maximum Gasteiger partial charge on any atom is 0.0688 e. The predicted molar refractivity (Wildman–Crippen MR) is 77.9 cm³/mol. The summed E-state index contributed by atoms with van der Waals surface area (Å²) >= 11 is 5.89. The van der Waals surface area contributed by atoms with Gasteiger partial charge in [0.25, 0.3) is 0 Å². The number of hydrogen-bond donors (Lipinski definition) is 1. The second-order valence-electron chi connectivity index (χ2n) is 5.09. The Balaban J connectivity index is 1.80. The van der Waals surface area contributed by atoms with Gasteiger partial charge in [-0.05, 0) is 42.9 Å². The van der Waals surface area contributed by atoms with Crippen LogP contribution in [0, 0.1) is 12.3 Å². The van der Waals surface area contributed by atoms with E-state index in [9.17, 15) is 0 Å². The number of rotatable bonds is 5. The van der Waals surface area contributed by atoms with Crippen molar-refractivity contribution in [3.63, 3.8) is 0 Å². The molecule has 1 aliphatic rings. The van der Waals surface area contributed by atoms with Gasteiger partial charge in [-0.3, -0.25) is 0 Å². The van der Waals surface area contributed by atoms with E-state index in [-0.39, 0.29) is 6.04 Å². The van der Waals surface area contributed by atoms with Crippen LogP contribution in [0.2, 0.25) is 5.02 Å². The summed E-state index contributed by atoms with van der Waals surface area (Å²) in [7, 11) is 0. The molecule has 1 aromatic rings. The monoisotopic (exact) mass is 261 g/mol. The predicted octanol–water partition coefficient (Wildman–Crippen LogP) is 3.98. The smallest absolute Gasteiger partial charge is 0.0688 e. The molecule has 2 heteroatoms. The molecular weight excluding hydrogens is 242 g/mol. The van der Waals surface area contributed by atoms with Gasteiger partial charge in [0.05, 0.1) is 6.04 Å². The van der Waals surface area contributed by atoms with Crippen molar-refractivity contribution in [1.82, 2.24) is 5.32 Å². The van der Waals surface area contributed by atoms with Crippen LogP contribution in [-0.4, -0.2) is 12.1 Å². The van der Waals surface area contributed by atoms with Gasteiger partial charge in [0.15, 0.2) is 0 Å². The van der Waals surface area contributed by atoms with Crippen molar-refractivity contribution in [3.8, 4) is 12.3 Å². The molecule has 0 heterocycles. The Bertz CT molecular complexity index is 412. The molecule has 1 fully saturated rings. The lowest BCUT2D eigenvalue weighted by atomic mass is 9.75. The third-order valence-corrected chi connectivity index (χ3v) is 3.95. The van der Waals surface area contributed by atoms with Crippen LogP contribution >= 0.6 is 11.6 Å². The topological polar surface area (TPSA) is 12.0 Å². The van der Waals surface area contributed by atoms with Crippen LogP contribution in [0.3, 0.4) is 0 Å². The minimum absolute atomic E-state index is 0.242. The van der Waals surface area contributed by atoms with E-state index in [1.807, 2.05) is 12.1 Å². The molecule has 1 saturated carbocycles. The molecule has 2 rings (SSSR count). The summed E-state index contributed by atoms with van der Waals surface area (Å²) in [5.74, 6) is 3.50. The zero-order valence-electron chi connectivity index (χ0n) is 10.8. The summed E-state index contributed by atoms with van der Waals surface area (Å²) in [6.07, 6.45) is 10.1. The first-order valence-corrected chi connectivity index (χ1v) is 7.08. The van der Waals surface area contributed by atoms with Crippen molar-refractivity contribution in [3.05, 3.63) is 34.9 Å². The summed E-state index contributed by atoms with van der Waals surface area (Å²) < 4.78 is 0. The summed E-state index contributed by atoms with van der Waals surface area (Å²) in [6.45, 7) is 2.17. The first-order valence-electron chi connectivity index (χ1n) is 6.70. The third kappa shape index (κ3) is 3.28. The molecule has 0 spiro atoms. The second kappa shape index (κ2) is 6.27. The van der Waals surface area contributed by atoms with Crippen molar-refractivity contribution in [2.45, 2.75) is 50.6 Å². The second-order valence-corrected chi connectivity index (χ2v) is 5.53. The molecule has 0 saturated heterocycles. The Kier molecular flexibility index (Phi) is 4.69. The standard InChI is InChI=1S/C16H20ClN/c1-3-5-15(4-2)18-16-10-13(11-16)12-6-8-14(17)9-7-12/h2,6-9,13,15-16,18H,3,5,10-11H2,1H3. The van der Waals surface area contributed by atoms with Gasteiger partial charge in [0.1, 0.15) is 0 Å². The quantitative estimate of drug-likeness (QED) is 0.791. The molecule has 0 aromatic heterocycles. The summed E-state index contributed by atoms with van der Waals surface area (Å²) in [5, 5.41) is 4.36. The van der Waals surface area contributed by atoms with Crippen LogP contribution < -0.4 is 5.32 Å². The summed E-state index contributed by atoms with van der Waals surface area (Å²) in [5.41, 5.74) is 1.39. The molecule has 0 bridgehead atoms. The molecule has 1 aliphatic carbocycles. The molecule has 0 aliphatic heterocycles. The fourth-order valence-electron chi connectivity index (χ4n) is 2.55. The Morgan fingerprint density at radius 1 is 1.39 bits per heavy atom. The molecule has 96 valence electrons. The Morgan fingerprint density at radius 3 is 2.61 bits per heavy atom. The van der Waals surface area contributed by atoms with Crippen LogP contribution in [0.5, 0.6) is 0 Å². The largest absolute Gasteiger partial charge is 0.301 e. The molecule has 0 amide bonds.